The van der Waals surface area contributed by atoms with Gasteiger partial charge in [-0.15, -0.1) is 5.10 Å². The summed E-state index contributed by atoms with van der Waals surface area (Å²) in [6.45, 7) is 5.65. The van der Waals surface area contributed by atoms with Crippen LogP contribution in [0.25, 0.3) is 0 Å². The predicted molar refractivity (Wildman–Crippen MR) is 49.8 cm³/mol. The summed E-state index contributed by atoms with van der Waals surface area (Å²) >= 11 is 0. The highest BCUT2D eigenvalue weighted by Crippen LogP contribution is 2.10. The molecular weight excluding hydrogens is 166 g/mol. The fraction of sp³-hybridized carbons (Fsp3) is 0.875. The Morgan fingerprint density at radius 3 is 2.62 bits per heavy atom. The van der Waals surface area contributed by atoms with Crippen LogP contribution in [-0.2, 0) is 13.1 Å². The highest BCUT2D eigenvalue weighted by atomic mass is 15.5. The minimum Gasteiger partial charge on any atom is -0.324 e. The summed E-state index contributed by atoms with van der Waals surface area (Å²) in [5, 5.41) is 11.3. The van der Waals surface area contributed by atoms with Crippen molar-refractivity contribution in [3.8, 4) is 0 Å². The molecule has 0 unspecified atom stereocenters. The molecule has 0 amide bonds. The number of tetrazole rings is 1. The Hall–Kier alpha value is -0.970. The van der Waals surface area contributed by atoms with Gasteiger partial charge in [-0.2, -0.15) is 0 Å². The minimum atomic E-state index is 0.410. The number of hydrogen-bond donors (Lipinski definition) is 1. The molecule has 5 nitrogen and oxygen atoms in total. The Kier molecular flexibility index (Phi) is 3.82. The normalized spacial score (nSPS) is 11.1. The van der Waals surface area contributed by atoms with Gasteiger partial charge in [-0.1, -0.05) is 26.7 Å². The van der Waals surface area contributed by atoms with Gasteiger partial charge in [0.25, 0.3) is 0 Å². The van der Waals surface area contributed by atoms with Gasteiger partial charge in [0.2, 0.25) is 0 Å². The highest BCUT2D eigenvalue weighted by Gasteiger charge is 2.09. The maximum atomic E-state index is 5.49. The van der Waals surface area contributed by atoms with Gasteiger partial charge in [0.05, 0.1) is 6.54 Å². The molecule has 0 saturated heterocycles. The summed E-state index contributed by atoms with van der Waals surface area (Å²) in [4.78, 5) is 0. The first-order valence-corrected chi connectivity index (χ1v) is 4.76. The second kappa shape index (κ2) is 4.91. The van der Waals surface area contributed by atoms with Crippen molar-refractivity contribution in [3.05, 3.63) is 5.82 Å². The smallest absolute Gasteiger partial charge is 0.164 e. The third-order valence-electron chi connectivity index (χ3n) is 2.37. The molecule has 0 radical (unpaired) electrons. The zero-order valence-corrected chi connectivity index (χ0v) is 8.27. The molecule has 0 aliphatic heterocycles. The Morgan fingerprint density at radius 1 is 1.38 bits per heavy atom. The second-order valence-electron chi connectivity index (χ2n) is 3.16. The van der Waals surface area contributed by atoms with Gasteiger partial charge in [0, 0.05) is 6.54 Å². The molecule has 1 aromatic heterocycles. The summed E-state index contributed by atoms with van der Waals surface area (Å²) < 4.78 is 1.80. The summed E-state index contributed by atoms with van der Waals surface area (Å²) in [5.41, 5.74) is 5.49. The van der Waals surface area contributed by atoms with Crippen molar-refractivity contribution >= 4 is 0 Å². The number of rotatable bonds is 5. The average molecular weight is 183 g/mol. The van der Waals surface area contributed by atoms with Crippen LogP contribution in [0.4, 0.5) is 0 Å². The van der Waals surface area contributed by atoms with Crippen LogP contribution in [-0.4, -0.2) is 20.2 Å². The quantitative estimate of drug-likeness (QED) is 0.724. The first kappa shape index (κ1) is 10.1. The summed E-state index contributed by atoms with van der Waals surface area (Å²) in [5.74, 6) is 1.42. The number of aromatic nitrogens is 4. The van der Waals surface area contributed by atoms with Gasteiger partial charge in [-0.3, -0.25) is 0 Å². The van der Waals surface area contributed by atoms with Gasteiger partial charge in [-0.05, 0) is 16.3 Å². The van der Waals surface area contributed by atoms with E-state index in [4.69, 9.17) is 5.73 Å². The Balaban J connectivity index is 2.61. The van der Waals surface area contributed by atoms with Crippen molar-refractivity contribution < 1.29 is 0 Å². The molecule has 0 bridgehead atoms. The zero-order valence-electron chi connectivity index (χ0n) is 8.27. The summed E-state index contributed by atoms with van der Waals surface area (Å²) in [6, 6.07) is 0. The molecule has 0 saturated carbocycles. The van der Waals surface area contributed by atoms with Crippen molar-refractivity contribution in [2.75, 3.05) is 0 Å². The lowest BCUT2D eigenvalue weighted by atomic mass is 10.0. The monoisotopic (exact) mass is 183 g/mol. The van der Waals surface area contributed by atoms with E-state index in [9.17, 15) is 0 Å². The van der Waals surface area contributed by atoms with Gasteiger partial charge in [0.15, 0.2) is 5.82 Å². The molecular formula is C8H17N5. The molecule has 0 aliphatic carbocycles. The van der Waals surface area contributed by atoms with Crippen molar-refractivity contribution in [2.24, 2.45) is 11.7 Å². The van der Waals surface area contributed by atoms with Gasteiger partial charge < -0.3 is 5.73 Å². The van der Waals surface area contributed by atoms with E-state index in [2.05, 4.69) is 29.4 Å². The SMILES string of the molecule is CCC(CC)Cn1nnnc1CN. The first-order chi connectivity index (χ1) is 6.31. The summed E-state index contributed by atoms with van der Waals surface area (Å²) in [6.07, 6.45) is 2.31. The maximum Gasteiger partial charge on any atom is 0.164 e. The van der Waals surface area contributed by atoms with E-state index in [0.717, 1.165) is 25.2 Å². The summed E-state index contributed by atoms with van der Waals surface area (Å²) in [7, 11) is 0. The minimum absolute atomic E-state index is 0.410. The molecule has 74 valence electrons. The van der Waals surface area contributed by atoms with E-state index in [-0.39, 0.29) is 0 Å². The maximum absolute atomic E-state index is 5.49. The van der Waals surface area contributed by atoms with E-state index in [1.165, 1.54) is 0 Å². The molecule has 1 aromatic rings. The van der Waals surface area contributed by atoms with Crippen LogP contribution in [0.5, 0.6) is 0 Å². The first-order valence-electron chi connectivity index (χ1n) is 4.76. The predicted octanol–water partition coefficient (Wildman–Crippen LogP) is 0.568. The van der Waals surface area contributed by atoms with Gasteiger partial charge >= 0.3 is 0 Å². The Bertz CT molecular complexity index is 240. The molecule has 0 aliphatic rings. The molecule has 5 heteroatoms. The van der Waals surface area contributed by atoms with E-state index in [1.807, 2.05) is 0 Å². The third-order valence-corrected chi connectivity index (χ3v) is 2.37. The molecule has 1 rings (SSSR count). The average Bonchev–Trinajstić information content (AvgIpc) is 2.61. The molecule has 2 N–H and O–H groups in total. The van der Waals surface area contributed by atoms with Gasteiger partial charge in [-0.25, -0.2) is 4.68 Å². The Labute approximate surface area is 78.3 Å². The number of nitrogens with zero attached hydrogens (tertiary/aromatic N) is 4. The lowest BCUT2D eigenvalue weighted by molar-refractivity contribution is 0.382. The molecule has 1 heterocycles. The van der Waals surface area contributed by atoms with Crippen LogP contribution < -0.4 is 5.73 Å². The fourth-order valence-corrected chi connectivity index (χ4v) is 1.30. The molecule has 13 heavy (non-hydrogen) atoms. The van der Waals surface area contributed by atoms with Crippen molar-refractivity contribution in [1.29, 1.82) is 0 Å². The lowest BCUT2D eigenvalue weighted by Gasteiger charge is -2.11. The molecule has 0 spiro atoms. The van der Waals surface area contributed by atoms with Crippen LogP contribution in [0.15, 0.2) is 0 Å². The van der Waals surface area contributed by atoms with Crippen molar-refractivity contribution in [2.45, 2.75) is 39.8 Å². The third kappa shape index (κ3) is 2.48. The molecule has 0 atom stereocenters. The highest BCUT2D eigenvalue weighted by molar-refractivity contribution is 4.78. The van der Waals surface area contributed by atoms with E-state index >= 15 is 0 Å². The standard InChI is InChI=1S/C8H17N5/c1-3-7(4-2)6-13-8(5-9)10-11-12-13/h7H,3-6,9H2,1-2H3. The molecule has 0 fully saturated rings. The van der Waals surface area contributed by atoms with E-state index in [0.29, 0.717) is 12.5 Å². The van der Waals surface area contributed by atoms with Crippen LogP contribution in [0.2, 0.25) is 0 Å². The fourth-order valence-electron chi connectivity index (χ4n) is 1.30. The van der Waals surface area contributed by atoms with Gasteiger partial charge in [0.1, 0.15) is 0 Å². The lowest BCUT2D eigenvalue weighted by Crippen LogP contribution is -2.15. The topological polar surface area (TPSA) is 69.6 Å². The second-order valence-corrected chi connectivity index (χ2v) is 3.16. The van der Waals surface area contributed by atoms with Crippen LogP contribution in [0.1, 0.15) is 32.5 Å². The van der Waals surface area contributed by atoms with Crippen molar-refractivity contribution in [3.63, 3.8) is 0 Å². The van der Waals surface area contributed by atoms with Crippen LogP contribution in [0.3, 0.4) is 0 Å². The Morgan fingerprint density at radius 2 is 2.08 bits per heavy atom. The molecule has 0 aromatic carbocycles. The zero-order chi connectivity index (χ0) is 9.68. The number of hydrogen-bond acceptors (Lipinski definition) is 4. The van der Waals surface area contributed by atoms with E-state index in [1.54, 1.807) is 4.68 Å². The van der Waals surface area contributed by atoms with Crippen molar-refractivity contribution in [1.82, 2.24) is 20.2 Å². The van der Waals surface area contributed by atoms with E-state index < -0.39 is 0 Å². The van der Waals surface area contributed by atoms with Crippen LogP contribution in [0, 0.1) is 5.92 Å². The number of nitrogens with two attached hydrogens (primary N) is 1. The largest absolute Gasteiger partial charge is 0.324 e. The van der Waals surface area contributed by atoms with Crippen LogP contribution >= 0.6 is 0 Å².